The van der Waals surface area contributed by atoms with Crippen molar-refractivity contribution in [2.45, 2.75) is 32.5 Å². The van der Waals surface area contributed by atoms with Gasteiger partial charge in [0.1, 0.15) is 11.5 Å². The van der Waals surface area contributed by atoms with Gasteiger partial charge < -0.3 is 14.9 Å². The number of hydrogen-bond donors (Lipinski definition) is 2. The Labute approximate surface area is 161 Å². The summed E-state index contributed by atoms with van der Waals surface area (Å²) >= 11 is 0. The molecule has 1 fully saturated rings. The highest BCUT2D eigenvalue weighted by Crippen LogP contribution is 2.26. The molecule has 0 unspecified atom stereocenters. The first-order valence-electron chi connectivity index (χ1n) is 9.58. The highest BCUT2D eigenvalue weighted by atomic mass is 16.5. The van der Waals surface area contributed by atoms with E-state index in [-0.39, 0.29) is 12.4 Å². The van der Waals surface area contributed by atoms with Crippen molar-refractivity contribution < 1.29 is 14.9 Å². The third kappa shape index (κ3) is 5.01. The second-order valence-electron chi connectivity index (χ2n) is 7.29. The van der Waals surface area contributed by atoms with Crippen LogP contribution in [-0.2, 0) is 13.1 Å². The third-order valence-corrected chi connectivity index (χ3v) is 5.47. The van der Waals surface area contributed by atoms with Crippen LogP contribution in [0.15, 0.2) is 42.5 Å². The van der Waals surface area contributed by atoms with Crippen LogP contribution in [0.3, 0.4) is 0 Å². The minimum absolute atomic E-state index is 0.191. The van der Waals surface area contributed by atoms with E-state index < -0.39 is 0 Å². The lowest BCUT2D eigenvalue weighted by Crippen LogP contribution is -2.52. The summed E-state index contributed by atoms with van der Waals surface area (Å²) in [6.07, 6.45) is 0.761. The summed E-state index contributed by atoms with van der Waals surface area (Å²) in [5, 5.41) is 19.8. The predicted octanol–water partition coefficient (Wildman–Crippen LogP) is 2.78. The number of rotatable bonds is 7. The maximum absolute atomic E-state index is 10.2. The Balaban J connectivity index is 1.66. The minimum Gasteiger partial charge on any atom is -0.507 e. The zero-order valence-electron chi connectivity index (χ0n) is 16.3. The highest BCUT2D eigenvalue weighted by Gasteiger charge is 2.27. The van der Waals surface area contributed by atoms with Gasteiger partial charge in [0, 0.05) is 57.0 Å². The summed E-state index contributed by atoms with van der Waals surface area (Å²) in [5.74, 6) is 0.938. The van der Waals surface area contributed by atoms with Gasteiger partial charge in [-0.15, -0.1) is 0 Å². The van der Waals surface area contributed by atoms with Crippen LogP contribution in [0.5, 0.6) is 11.5 Å². The molecule has 5 heteroatoms. The number of aliphatic hydroxyl groups is 1. The van der Waals surface area contributed by atoms with Crippen LogP contribution >= 0.6 is 0 Å². The van der Waals surface area contributed by atoms with Crippen LogP contribution in [0.4, 0.5) is 0 Å². The lowest BCUT2D eigenvalue weighted by molar-refractivity contribution is 0.0495. The molecule has 0 saturated carbocycles. The Kier molecular flexibility index (Phi) is 6.72. The lowest BCUT2D eigenvalue weighted by Gasteiger charge is -2.41. The van der Waals surface area contributed by atoms with Gasteiger partial charge in [0.2, 0.25) is 0 Å². The molecule has 1 heterocycles. The molecule has 2 aromatic carbocycles. The predicted molar refractivity (Wildman–Crippen MR) is 107 cm³/mol. The molecule has 3 rings (SSSR count). The molecule has 1 aliphatic heterocycles. The Morgan fingerprint density at radius 2 is 1.89 bits per heavy atom. The maximum Gasteiger partial charge on any atom is 0.123 e. The molecule has 1 aliphatic rings. The second-order valence-corrected chi connectivity index (χ2v) is 7.29. The highest BCUT2D eigenvalue weighted by molar-refractivity contribution is 5.39. The van der Waals surface area contributed by atoms with Gasteiger partial charge in [0.05, 0.1) is 7.11 Å². The number of aliphatic hydroxyl groups excluding tert-OH is 1. The number of benzene rings is 2. The van der Waals surface area contributed by atoms with Crippen molar-refractivity contribution >= 4 is 0 Å². The minimum atomic E-state index is 0.191. The second kappa shape index (κ2) is 9.22. The van der Waals surface area contributed by atoms with Crippen molar-refractivity contribution in [2.75, 3.05) is 33.4 Å². The standard InChI is InChI=1S/C22H30N2O3/c1-17-5-3-4-6-18(17)15-24-11-10-23(16-20(24)9-12-25)14-19-7-8-21(27-2)13-22(19)26/h3-8,13,20,25-26H,9-12,14-16H2,1-2H3/t20-/m1/s1. The van der Waals surface area contributed by atoms with E-state index in [1.807, 2.05) is 12.1 Å². The Hall–Kier alpha value is -2.08. The van der Waals surface area contributed by atoms with Gasteiger partial charge in [-0.3, -0.25) is 9.80 Å². The number of piperazine rings is 1. The normalized spacial score (nSPS) is 18.6. The fourth-order valence-corrected chi connectivity index (χ4v) is 3.78. The average molecular weight is 370 g/mol. The molecule has 0 spiro atoms. The fourth-order valence-electron chi connectivity index (χ4n) is 3.78. The van der Waals surface area contributed by atoms with Crippen molar-refractivity contribution in [3.05, 3.63) is 59.2 Å². The number of aryl methyl sites for hydroxylation is 1. The van der Waals surface area contributed by atoms with Gasteiger partial charge in [0.25, 0.3) is 0 Å². The molecular weight excluding hydrogens is 340 g/mol. The summed E-state index contributed by atoms with van der Waals surface area (Å²) in [5.41, 5.74) is 3.57. The number of ether oxygens (including phenoxy) is 1. The molecule has 0 aromatic heterocycles. The van der Waals surface area contributed by atoms with E-state index in [0.717, 1.165) is 38.2 Å². The third-order valence-electron chi connectivity index (χ3n) is 5.47. The summed E-state index contributed by atoms with van der Waals surface area (Å²) < 4.78 is 5.16. The van der Waals surface area contributed by atoms with Crippen LogP contribution in [0.1, 0.15) is 23.1 Å². The molecule has 1 atom stereocenters. The van der Waals surface area contributed by atoms with Gasteiger partial charge in [-0.2, -0.15) is 0 Å². The van der Waals surface area contributed by atoms with Crippen LogP contribution in [0.25, 0.3) is 0 Å². The first-order chi connectivity index (χ1) is 13.1. The van der Waals surface area contributed by atoms with Gasteiger partial charge in [-0.1, -0.05) is 30.3 Å². The summed E-state index contributed by atoms with van der Waals surface area (Å²) in [4.78, 5) is 4.83. The molecular formula is C22H30N2O3. The monoisotopic (exact) mass is 370 g/mol. The molecule has 0 radical (unpaired) electrons. The summed E-state index contributed by atoms with van der Waals surface area (Å²) in [6.45, 7) is 6.75. The van der Waals surface area contributed by atoms with Crippen molar-refractivity contribution in [3.63, 3.8) is 0 Å². The van der Waals surface area contributed by atoms with Crippen LogP contribution in [0.2, 0.25) is 0 Å². The molecule has 0 aliphatic carbocycles. The number of phenols is 1. The molecule has 27 heavy (non-hydrogen) atoms. The van der Waals surface area contributed by atoms with Crippen molar-refractivity contribution in [2.24, 2.45) is 0 Å². The fraction of sp³-hybridized carbons (Fsp3) is 0.455. The molecule has 2 aromatic rings. The van der Waals surface area contributed by atoms with Crippen molar-refractivity contribution in [3.8, 4) is 11.5 Å². The van der Waals surface area contributed by atoms with E-state index in [9.17, 15) is 10.2 Å². The summed E-state index contributed by atoms with van der Waals surface area (Å²) in [7, 11) is 1.60. The lowest BCUT2D eigenvalue weighted by atomic mass is 10.0. The zero-order chi connectivity index (χ0) is 19.2. The molecule has 2 N–H and O–H groups in total. The number of aromatic hydroxyl groups is 1. The molecule has 1 saturated heterocycles. The largest absolute Gasteiger partial charge is 0.507 e. The van der Waals surface area contributed by atoms with E-state index in [1.54, 1.807) is 13.2 Å². The van der Waals surface area contributed by atoms with E-state index in [2.05, 4.69) is 41.0 Å². The number of nitrogens with zero attached hydrogens (tertiary/aromatic N) is 2. The van der Waals surface area contributed by atoms with Crippen molar-refractivity contribution in [1.29, 1.82) is 0 Å². The molecule has 0 bridgehead atoms. The first kappa shape index (κ1) is 19.7. The van der Waals surface area contributed by atoms with Gasteiger partial charge in [-0.25, -0.2) is 0 Å². The number of hydrogen-bond acceptors (Lipinski definition) is 5. The van der Waals surface area contributed by atoms with Crippen molar-refractivity contribution in [1.82, 2.24) is 9.80 Å². The van der Waals surface area contributed by atoms with Gasteiger partial charge in [-0.05, 0) is 30.5 Å². The average Bonchev–Trinajstić information content (AvgIpc) is 2.67. The van der Waals surface area contributed by atoms with E-state index in [4.69, 9.17) is 4.74 Å². The zero-order valence-corrected chi connectivity index (χ0v) is 16.3. The van der Waals surface area contributed by atoms with Gasteiger partial charge in [0.15, 0.2) is 0 Å². The van der Waals surface area contributed by atoms with E-state index in [1.165, 1.54) is 11.1 Å². The van der Waals surface area contributed by atoms with Crippen LogP contribution < -0.4 is 4.74 Å². The maximum atomic E-state index is 10.2. The van der Waals surface area contributed by atoms with Gasteiger partial charge >= 0.3 is 0 Å². The van der Waals surface area contributed by atoms with Crippen LogP contribution in [0, 0.1) is 6.92 Å². The molecule has 0 amide bonds. The Morgan fingerprint density at radius 1 is 1.07 bits per heavy atom. The first-order valence-corrected chi connectivity index (χ1v) is 9.58. The van der Waals surface area contributed by atoms with Crippen LogP contribution in [-0.4, -0.2) is 59.4 Å². The molecule has 5 nitrogen and oxygen atoms in total. The number of phenolic OH excluding ortho intramolecular Hbond substituents is 1. The Morgan fingerprint density at radius 3 is 2.59 bits per heavy atom. The Bertz CT molecular complexity index is 750. The smallest absolute Gasteiger partial charge is 0.123 e. The topological polar surface area (TPSA) is 56.2 Å². The SMILES string of the molecule is COc1ccc(CN2CCN(Cc3ccccc3C)[C@H](CCO)C2)c(O)c1. The molecule has 146 valence electrons. The van der Waals surface area contributed by atoms with E-state index in [0.29, 0.717) is 18.3 Å². The van der Waals surface area contributed by atoms with E-state index >= 15 is 0 Å². The summed E-state index contributed by atoms with van der Waals surface area (Å²) in [6, 6.07) is 14.3. The quantitative estimate of drug-likeness (QED) is 0.785. The number of methoxy groups -OCH3 is 1.